The second-order valence-electron chi connectivity index (χ2n) is 11.9. The summed E-state index contributed by atoms with van der Waals surface area (Å²) in [7, 11) is 0. The number of aryl methyl sites for hydroxylation is 2. The van der Waals surface area contributed by atoms with Gasteiger partial charge in [0.25, 0.3) is 5.91 Å². The van der Waals surface area contributed by atoms with Gasteiger partial charge in [0.05, 0.1) is 23.6 Å². The topological polar surface area (TPSA) is 133 Å². The van der Waals surface area contributed by atoms with E-state index in [2.05, 4.69) is 25.4 Å². The van der Waals surface area contributed by atoms with Crippen molar-refractivity contribution >= 4 is 23.5 Å². The fraction of sp³-hybridized carbons (Fsp3) is 0.355. The SMILES string of the molecule is Cc1nc(C)c(C(=O)Nc2ccc(F)c(-c3cn4cc(-c5cnn(C6CCN(C(=O)OC(C)(C)C)CC6)c5)cnc4n3)c2)o1. The predicted molar refractivity (Wildman–Crippen MR) is 160 cm³/mol. The third-order valence-electron chi connectivity index (χ3n) is 7.35. The number of piperidine rings is 1. The van der Waals surface area contributed by atoms with Crippen LogP contribution in [0.2, 0.25) is 0 Å². The second-order valence-corrected chi connectivity index (χ2v) is 11.9. The van der Waals surface area contributed by atoms with Crippen molar-refractivity contribution in [3.63, 3.8) is 0 Å². The van der Waals surface area contributed by atoms with E-state index in [0.717, 1.165) is 24.0 Å². The highest BCUT2D eigenvalue weighted by Gasteiger charge is 2.28. The number of anilines is 1. The highest BCUT2D eigenvalue weighted by atomic mass is 19.1. The summed E-state index contributed by atoms with van der Waals surface area (Å²) < 4.78 is 29.5. The molecule has 6 rings (SSSR count). The number of amides is 2. The van der Waals surface area contributed by atoms with Gasteiger partial charge < -0.3 is 19.4 Å². The first-order chi connectivity index (χ1) is 20.9. The van der Waals surface area contributed by atoms with Crippen molar-refractivity contribution in [3.8, 4) is 22.4 Å². The van der Waals surface area contributed by atoms with Crippen molar-refractivity contribution in [1.82, 2.24) is 34.0 Å². The lowest BCUT2D eigenvalue weighted by molar-refractivity contribution is 0.0184. The molecule has 0 atom stereocenters. The van der Waals surface area contributed by atoms with Crippen LogP contribution >= 0.6 is 0 Å². The van der Waals surface area contributed by atoms with Gasteiger partial charge in [-0.1, -0.05) is 0 Å². The van der Waals surface area contributed by atoms with Gasteiger partial charge in [0, 0.05) is 67.2 Å². The average molecular weight is 601 g/mol. The molecule has 12 nitrogen and oxygen atoms in total. The Kier molecular flexibility index (Phi) is 7.39. The quantitative estimate of drug-likeness (QED) is 0.267. The van der Waals surface area contributed by atoms with Gasteiger partial charge in [-0.25, -0.2) is 24.1 Å². The molecular formula is C31H33FN8O4. The maximum absolute atomic E-state index is 14.9. The van der Waals surface area contributed by atoms with Crippen LogP contribution in [0.15, 0.2) is 53.6 Å². The minimum absolute atomic E-state index is 0.104. The van der Waals surface area contributed by atoms with Crippen LogP contribution in [0.25, 0.3) is 28.2 Å². The van der Waals surface area contributed by atoms with Gasteiger partial charge in [0.1, 0.15) is 11.4 Å². The Hall–Kier alpha value is -5.07. The molecule has 1 aromatic carbocycles. The maximum atomic E-state index is 14.9. The van der Waals surface area contributed by atoms with Crippen LogP contribution in [0.1, 0.15) is 61.8 Å². The van der Waals surface area contributed by atoms with E-state index in [1.54, 1.807) is 41.7 Å². The first kappa shape index (κ1) is 29.0. The summed E-state index contributed by atoms with van der Waals surface area (Å²) in [5.41, 5.74) is 2.60. The van der Waals surface area contributed by atoms with Gasteiger partial charge in [-0.2, -0.15) is 5.10 Å². The number of nitrogens with zero attached hydrogens (tertiary/aromatic N) is 7. The normalized spacial score (nSPS) is 14.3. The number of aromatic nitrogens is 6. The van der Waals surface area contributed by atoms with Gasteiger partial charge >= 0.3 is 6.09 Å². The Morgan fingerprint density at radius 2 is 1.80 bits per heavy atom. The molecule has 1 aliphatic rings. The molecule has 0 aliphatic carbocycles. The Morgan fingerprint density at radius 1 is 1.05 bits per heavy atom. The summed E-state index contributed by atoms with van der Waals surface area (Å²) in [5, 5.41) is 7.32. The molecule has 0 bridgehead atoms. The number of oxazole rings is 1. The Balaban J connectivity index is 1.17. The van der Waals surface area contributed by atoms with E-state index in [-0.39, 0.29) is 23.5 Å². The summed E-state index contributed by atoms with van der Waals surface area (Å²) in [6.45, 7) is 10.1. The molecule has 0 spiro atoms. The monoisotopic (exact) mass is 600 g/mol. The number of ether oxygens (including phenoxy) is 1. The van der Waals surface area contributed by atoms with E-state index in [0.29, 0.717) is 41.8 Å². The molecule has 1 N–H and O–H groups in total. The lowest BCUT2D eigenvalue weighted by Gasteiger charge is -2.33. The molecule has 228 valence electrons. The number of hydrogen-bond donors (Lipinski definition) is 1. The molecule has 0 unspecified atom stereocenters. The molecule has 1 fully saturated rings. The zero-order chi connectivity index (χ0) is 31.2. The molecule has 2 amide bonds. The van der Waals surface area contributed by atoms with E-state index in [9.17, 15) is 14.0 Å². The van der Waals surface area contributed by atoms with Crippen LogP contribution in [0.3, 0.4) is 0 Å². The van der Waals surface area contributed by atoms with Crippen LogP contribution < -0.4 is 5.32 Å². The van der Waals surface area contributed by atoms with Crippen molar-refractivity contribution in [1.29, 1.82) is 0 Å². The number of carbonyl (C=O) groups excluding carboxylic acids is 2. The lowest BCUT2D eigenvalue weighted by Crippen LogP contribution is -2.42. The smallest absolute Gasteiger partial charge is 0.410 e. The Labute approximate surface area is 252 Å². The number of imidazole rings is 1. The van der Waals surface area contributed by atoms with Gasteiger partial charge in [-0.15, -0.1) is 0 Å². The Bertz CT molecular complexity index is 1860. The van der Waals surface area contributed by atoms with E-state index < -0.39 is 17.3 Å². The van der Waals surface area contributed by atoms with E-state index in [4.69, 9.17) is 9.15 Å². The van der Waals surface area contributed by atoms with E-state index >= 15 is 0 Å². The van der Waals surface area contributed by atoms with Gasteiger partial charge in [0.2, 0.25) is 11.5 Å². The molecule has 44 heavy (non-hydrogen) atoms. The van der Waals surface area contributed by atoms with E-state index in [1.807, 2.05) is 37.8 Å². The molecule has 0 radical (unpaired) electrons. The van der Waals surface area contributed by atoms with Crippen LogP contribution in [0.4, 0.5) is 14.9 Å². The van der Waals surface area contributed by atoms with Crippen LogP contribution in [-0.4, -0.2) is 64.7 Å². The number of fused-ring (bicyclic) bond motifs is 1. The number of likely N-dealkylation sites (tertiary alicyclic amines) is 1. The minimum atomic E-state index is -0.525. The molecule has 0 saturated carbocycles. The van der Waals surface area contributed by atoms with Gasteiger partial charge in [0.15, 0.2) is 5.89 Å². The number of hydrogen-bond acceptors (Lipinski definition) is 8. The van der Waals surface area contributed by atoms with Crippen LogP contribution in [-0.2, 0) is 4.74 Å². The number of halogens is 1. The zero-order valence-corrected chi connectivity index (χ0v) is 25.2. The third kappa shape index (κ3) is 6.03. The minimum Gasteiger partial charge on any atom is -0.444 e. The molecule has 5 heterocycles. The fourth-order valence-electron chi connectivity index (χ4n) is 5.22. The highest BCUT2D eigenvalue weighted by Crippen LogP contribution is 2.29. The van der Waals surface area contributed by atoms with Crippen molar-refractivity contribution in [2.75, 3.05) is 18.4 Å². The molecule has 4 aromatic heterocycles. The van der Waals surface area contributed by atoms with Gasteiger partial charge in [-0.05, 0) is 58.7 Å². The molecule has 1 saturated heterocycles. The molecule has 5 aromatic rings. The molecule has 13 heteroatoms. The summed E-state index contributed by atoms with van der Waals surface area (Å²) in [6, 6.07) is 4.43. The van der Waals surface area contributed by atoms with Crippen LogP contribution in [0.5, 0.6) is 0 Å². The molecule has 1 aliphatic heterocycles. The van der Waals surface area contributed by atoms with Gasteiger partial charge in [-0.3, -0.25) is 13.9 Å². The standard InChI is InChI=1S/C31H33FN8O4/c1-18-27(43-19(2)35-18)28(41)36-22-6-7-25(32)24(12-22)26-17-39-15-20(13-33-29(39)37-26)21-14-34-40(16-21)23-8-10-38(11-9-23)30(42)44-31(3,4)5/h6-7,12-17,23H,8-11H2,1-5H3,(H,36,41). The highest BCUT2D eigenvalue weighted by molar-refractivity contribution is 6.03. The number of rotatable bonds is 5. The number of nitrogens with one attached hydrogen (secondary N) is 1. The van der Waals surface area contributed by atoms with Crippen LogP contribution in [0, 0.1) is 19.7 Å². The first-order valence-corrected chi connectivity index (χ1v) is 14.4. The van der Waals surface area contributed by atoms with E-state index in [1.165, 1.54) is 18.2 Å². The van der Waals surface area contributed by atoms with Crippen molar-refractivity contribution < 1.29 is 23.1 Å². The summed E-state index contributed by atoms with van der Waals surface area (Å²) in [4.78, 5) is 39.9. The lowest BCUT2D eigenvalue weighted by atomic mass is 10.1. The first-order valence-electron chi connectivity index (χ1n) is 14.4. The largest absolute Gasteiger partial charge is 0.444 e. The predicted octanol–water partition coefficient (Wildman–Crippen LogP) is 5.83. The number of benzene rings is 1. The summed E-state index contributed by atoms with van der Waals surface area (Å²) >= 11 is 0. The van der Waals surface area contributed by atoms with Crippen molar-refractivity contribution in [2.24, 2.45) is 0 Å². The van der Waals surface area contributed by atoms with Crippen molar-refractivity contribution in [2.45, 2.75) is 59.1 Å². The summed E-state index contributed by atoms with van der Waals surface area (Å²) in [6.07, 6.45) is 10.3. The second kappa shape index (κ2) is 11.2. The van der Waals surface area contributed by atoms with Crippen molar-refractivity contribution in [3.05, 3.63) is 72.3 Å². The molecular weight excluding hydrogens is 567 g/mol. The summed E-state index contributed by atoms with van der Waals surface area (Å²) in [5.74, 6) is -0.0786. The third-order valence-corrected chi connectivity index (χ3v) is 7.35. The average Bonchev–Trinajstić information content (AvgIpc) is 3.71. The Morgan fingerprint density at radius 3 is 2.50 bits per heavy atom. The number of carbonyl (C=O) groups is 2. The maximum Gasteiger partial charge on any atom is 0.410 e. The fourth-order valence-corrected chi connectivity index (χ4v) is 5.22. The zero-order valence-electron chi connectivity index (χ0n) is 25.2.